The van der Waals surface area contributed by atoms with Crippen LogP contribution in [0.2, 0.25) is 5.02 Å². The molecule has 0 saturated heterocycles. The number of carboxylic acids is 2. The first-order valence-electron chi connectivity index (χ1n) is 5.24. The zero-order valence-corrected chi connectivity index (χ0v) is 12.3. The lowest BCUT2D eigenvalue weighted by Crippen LogP contribution is -2.42. The fraction of sp³-hybridized carbons (Fsp3) is 0.182. The highest BCUT2D eigenvalue weighted by Crippen LogP contribution is 2.25. The summed E-state index contributed by atoms with van der Waals surface area (Å²) in [5.74, 6) is -2.64. The number of carboxylic acid groups (broad SMARTS) is 2. The standard InChI is InChI=1S/C11H10BrClN2O5/c12-6-1-2-7(13)8(3-6)14-11(20)15(4-9(16)17)5-10(18)19/h1-3H,4-5H2,(H,14,20)(H,16,17)(H,18,19). The smallest absolute Gasteiger partial charge is 0.323 e. The van der Waals surface area contributed by atoms with Crippen LogP contribution in [0.5, 0.6) is 0 Å². The summed E-state index contributed by atoms with van der Waals surface area (Å²) in [4.78, 5) is 33.7. The number of hydrogen-bond donors (Lipinski definition) is 3. The number of aliphatic carboxylic acids is 2. The molecule has 0 heterocycles. The minimum Gasteiger partial charge on any atom is -0.480 e. The number of rotatable bonds is 5. The quantitative estimate of drug-likeness (QED) is 0.741. The summed E-state index contributed by atoms with van der Waals surface area (Å²) >= 11 is 9.06. The van der Waals surface area contributed by atoms with E-state index in [9.17, 15) is 14.4 Å². The van der Waals surface area contributed by atoms with Crippen molar-refractivity contribution in [2.75, 3.05) is 18.4 Å². The second-order valence-electron chi connectivity index (χ2n) is 3.70. The maximum absolute atomic E-state index is 11.9. The first-order valence-corrected chi connectivity index (χ1v) is 6.41. The Morgan fingerprint density at radius 2 is 1.75 bits per heavy atom. The number of halogens is 2. The van der Waals surface area contributed by atoms with E-state index >= 15 is 0 Å². The number of benzene rings is 1. The second kappa shape index (κ2) is 7.11. The number of nitrogens with one attached hydrogen (secondary N) is 1. The Hall–Kier alpha value is -1.80. The highest BCUT2D eigenvalue weighted by Gasteiger charge is 2.20. The largest absolute Gasteiger partial charge is 0.480 e. The van der Waals surface area contributed by atoms with Crippen molar-refractivity contribution in [2.24, 2.45) is 0 Å². The van der Waals surface area contributed by atoms with Crippen molar-refractivity contribution in [3.8, 4) is 0 Å². The monoisotopic (exact) mass is 364 g/mol. The van der Waals surface area contributed by atoms with Gasteiger partial charge in [0.25, 0.3) is 0 Å². The van der Waals surface area contributed by atoms with Gasteiger partial charge in [-0.15, -0.1) is 0 Å². The number of hydrogen-bond acceptors (Lipinski definition) is 3. The van der Waals surface area contributed by atoms with Gasteiger partial charge in [-0.2, -0.15) is 0 Å². The molecule has 0 fully saturated rings. The van der Waals surface area contributed by atoms with Gasteiger partial charge in [-0.3, -0.25) is 9.59 Å². The van der Waals surface area contributed by atoms with Crippen LogP contribution in [0.15, 0.2) is 22.7 Å². The predicted molar refractivity (Wildman–Crippen MR) is 75.0 cm³/mol. The molecule has 0 radical (unpaired) electrons. The van der Waals surface area contributed by atoms with Crippen molar-refractivity contribution in [1.29, 1.82) is 0 Å². The van der Waals surface area contributed by atoms with Crippen molar-refractivity contribution >= 4 is 51.2 Å². The highest BCUT2D eigenvalue weighted by atomic mass is 79.9. The average Bonchev–Trinajstić information content (AvgIpc) is 2.31. The number of carbonyl (C=O) groups is 3. The molecule has 0 saturated carbocycles. The van der Waals surface area contributed by atoms with E-state index in [-0.39, 0.29) is 10.7 Å². The molecule has 0 atom stereocenters. The van der Waals surface area contributed by atoms with Crippen molar-refractivity contribution < 1.29 is 24.6 Å². The van der Waals surface area contributed by atoms with E-state index in [0.717, 1.165) is 0 Å². The number of carbonyl (C=O) groups excluding carboxylic acids is 1. The maximum Gasteiger partial charge on any atom is 0.323 e. The van der Waals surface area contributed by atoms with E-state index in [0.29, 0.717) is 9.37 Å². The van der Waals surface area contributed by atoms with Crippen LogP contribution < -0.4 is 5.32 Å². The molecule has 0 aliphatic heterocycles. The Morgan fingerprint density at radius 1 is 1.20 bits per heavy atom. The molecule has 2 amide bonds. The van der Waals surface area contributed by atoms with Gasteiger partial charge in [0.1, 0.15) is 13.1 Å². The van der Waals surface area contributed by atoms with Crippen molar-refractivity contribution in [3.63, 3.8) is 0 Å². The zero-order valence-electron chi connectivity index (χ0n) is 9.97. The summed E-state index contributed by atoms with van der Waals surface area (Å²) in [5, 5.41) is 19.9. The number of amides is 2. The molecule has 0 aromatic heterocycles. The molecule has 3 N–H and O–H groups in total. The SMILES string of the molecule is O=C(O)CN(CC(=O)O)C(=O)Nc1cc(Br)ccc1Cl. The molecule has 0 aliphatic carbocycles. The summed E-state index contributed by atoms with van der Waals surface area (Å²) in [6.45, 7) is -1.46. The van der Waals surface area contributed by atoms with Gasteiger partial charge in [-0.25, -0.2) is 4.79 Å². The molecule has 0 bridgehead atoms. The van der Waals surface area contributed by atoms with Crippen molar-refractivity contribution in [3.05, 3.63) is 27.7 Å². The third kappa shape index (κ3) is 5.06. The molecular formula is C11H10BrClN2O5. The summed E-state index contributed by atoms with van der Waals surface area (Å²) in [6.07, 6.45) is 0. The molecule has 7 nitrogen and oxygen atoms in total. The number of anilines is 1. The Bertz CT molecular complexity index is 536. The molecule has 20 heavy (non-hydrogen) atoms. The van der Waals surface area contributed by atoms with Crippen LogP contribution in [-0.2, 0) is 9.59 Å². The first-order chi connectivity index (χ1) is 9.29. The fourth-order valence-corrected chi connectivity index (χ4v) is 1.84. The predicted octanol–water partition coefficient (Wildman–Crippen LogP) is 2.11. The Labute approximate surface area is 127 Å². The molecule has 1 rings (SSSR count). The minimum atomic E-state index is -1.32. The molecule has 0 spiro atoms. The normalized spacial score (nSPS) is 9.90. The average molecular weight is 366 g/mol. The van der Waals surface area contributed by atoms with E-state index < -0.39 is 31.1 Å². The Kier molecular flexibility index (Phi) is 5.78. The molecule has 0 aliphatic rings. The van der Waals surface area contributed by atoms with E-state index in [1.807, 2.05) is 0 Å². The van der Waals surface area contributed by atoms with Gasteiger partial charge in [0.15, 0.2) is 0 Å². The summed E-state index contributed by atoms with van der Waals surface area (Å²) < 4.78 is 0.653. The van der Waals surface area contributed by atoms with E-state index in [2.05, 4.69) is 21.2 Å². The Balaban J connectivity index is 2.86. The van der Waals surface area contributed by atoms with Crippen molar-refractivity contribution in [2.45, 2.75) is 0 Å². The third-order valence-electron chi connectivity index (χ3n) is 2.11. The molecular weight excluding hydrogens is 355 g/mol. The first kappa shape index (κ1) is 16.3. The van der Waals surface area contributed by atoms with Gasteiger partial charge in [-0.1, -0.05) is 27.5 Å². The summed E-state index contributed by atoms with van der Waals surface area (Å²) in [5.41, 5.74) is 0.242. The van der Waals surface area contributed by atoms with Crippen LogP contribution in [0.3, 0.4) is 0 Å². The molecule has 108 valence electrons. The van der Waals surface area contributed by atoms with E-state index in [1.54, 1.807) is 6.07 Å². The van der Waals surface area contributed by atoms with Crippen LogP contribution in [0, 0.1) is 0 Å². The van der Waals surface area contributed by atoms with E-state index in [4.69, 9.17) is 21.8 Å². The minimum absolute atomic E-state index is 0.242. The number of urea groups is 1. The lowest BCUT2D eigenvalue weighted by molar-refractivity contribution is -0.140. The van der Waals surface area contributed by atoms with E-state index in [1.165, 1.54) is 12.1 Å². The van der Waals surface area contributed by atoms with Crippen LogP contribution in [-0.4, -0.2) is 46.2 Å². The van der Waals surface area contributed by atoms with Gasteiger partial charge in [0, 0.05) is 4.47 Å². The molecule has 0 unspecified atom stereocenters. The van der Waals surface area contributed by atoms with Gasteiger partial charge in [0.05, 0.1) is 10.7 Å². The van der Waals surface area contributed by atoms with Crippen LogP contribution in [0.25, 0.3) is 0 Å². The van der Waals surface area contributed by atoms with Crippen molar-refractivity contribution in [1.82, 2.24) is 4.90 Å². The van der Waals surface area contributed by atoms with Crippen LogP contribution in [0.1, 0.15) is 0 Å². The second-order valence-corrected chi connectivity index (χ2v) is 5.02. The lowest BCUT2D eigenvalue weighted by Gasteiger charge is -2.19. The molecule has 9 heteroatoms. The van der Waals surface area contributed by atoms with Crippen LogP contribution >= 0.6 is 27.5 Å². The lowest BCUT2D eigenvalue weighted by atomic mass is 10.3. The zero-order chi connectivity index (χ0) is 15.3. The van der Waals surface area contributed by atoms with Gasteiger partial charge in [0.2, 0.25) is 0 Å². The van der Waals surface area contributed by atoms with Gasteiger partial charge >= 0.3 is 18.0 Å². The molecule has 1 aromatic carbocycles. The third-order valence-corrected chi connectivity index (χ3v) is 2.93. The summed E-state index contributed by atoms with van der Waals surface area (Å²) in [6, 6.07) is 3.83. The highest BCUT2D eigenvalue weighted by molar-refractivity contribution is 9.10. The van der Waals surface area contributed by atoms with Gasteiger partial charge < -0.3 is 20.4 Å². The van der Waals surface area contributed by atoms with Crippen LogP contribution in [0.4, 0.5) is 10.5 Å². The number of nitrogens with zero attached hydrogens (tertiary/aromatic N) is 1. The molecule has 1 aromatic rings. The Morgan fingerprint density at radius 3 is 2.25 bits per heavy atom. The summed E-state index contributed by atoms with van der Waals surface area (Å²) in [7, 11) is 0. The fourth-order valence-electron chi connectivity index (χ4n) is 1.31. The topological polar surface area (TPSA) is 107 Å². The maximum atomic E-state index is 11.9. The van der Waals surface area contributed by atoms with Gasteiger partial charge in [-0.05, 0) is 18.2 Å².